The van der Waals surface area contributed by atoms with E-state index < -0.39 is 6.10 Å². The smallest absolute Gasteiger partial charge is 0.0900 e. The summed E-state index contributed by atoms with van der Waals surface area (Å²) in [7, 11) is 3.65. The van der Waals surface area contributed by atoms with Crippen LogP contribution in [-0.4, -0.2) is 43.4 Å². The Balaban J connectivity index is 2.61. The minimum Gasteiger partial charge on any atom is -0.389 e. The maximum atomic E-state index is 9.74. The Morgan fingerprint density at radius 2 is 1.94 bits per heavy atom. The first-order valence-electron chi connectivity index (χ1n) is 6.11. The Kier molecular flexibility index (Phi) is 6.19. The Labute approximate surface area is 104 Å². The van der Waals surface area contributed by atoms with Crippen molar-refractivity contribution in [1.29, 1.82) is 0 Å². The van der Waals surface area contributed by atoms with Gasteiger partial charge in [0.2, 0.25) is 0 Å². The molecule has 96 valence electrons. The van der Waals surface area contributed by atoms with Crippen LogP contribution in [0.2, 0.25) is 0 Å². The van der Waals surface area contributed by atoms with E-state index >= 15 is 0 Å². The highest BCUT2D eigenvalue weighted by molar-refractivity contribution is 5.18. The quantitative estimate of drug-likeness (QED) is 0.788. The zero-order chi connectivity index (χ0) is 12.7. The number of aliphatic hydroxyl groups excluding tert-OH is 1. The summed E-state index contributed by atoms with van der Waals surface area (Å²) in [6, 6.07) is 10.7. The molecular formula is C14H23NO2. The lowest BCUT2D eigenvalue weighted by atomic mass is 10.0. The molecule has 0 aromatic heterocycles. The molecule has 0 aliphatic rings. The molecule has 1 N–H and O–H groups in total. The van der Waals surface area contributed by atoms with Gasteiger partial charge in [-0.05, 0) is 19.0 Å². The van der Waals surface area contributed by atoms with Crippen molar-refractivity contribution in [1.82, 2.24) is 4.90 Å². The summed E-state index contributed by atoms with van der Waals surface area (Å²) < 4.78 is 4.95. The van der Waals surface area contributed by atoms with Gasteiger partial charge < -0.3 is 9.84 Å². The number of aliphatic hydroxyl groups is 1. The van der Waals surface area contributed by atoms with Crippen LogP contribution in [0.4, 0.5) is 0 Å². The minimum atomic E-state index is -0.428. The number of hydrogen-bond acceptors (Lipinski definition) is 3. The molecule has 3 nitrogen and oxygen atoms in total. The maximum Gasteiger partial charge on any atom is 0.0900 e. The fraction of sp³-hybridized carbons (Fsp3) is 0.571. The van der Waals surface area contributed by atoms with Gasteiger partial charge in [0, 0.05) is 19.7 Å². The van der Waals surface area contributed by atoms with Crippen molar-refractivity contribution in [2.24, 2.45) is 0 Å². The van der Waals surface area contributed by atoms with Gasteiger partial charge in [-0.1, -0.05) is 37.3 Å². The first kappa shape index (κ1) is 14.2. The maximum absolute atomic E-state index is 9.74. The molecule has 0 unspecified atom stereocenters. The Morgan fingerprint density at radius 3 is 2.47 bits per heavy atom. The molecule has 0 aliphatic carbocycles. The van der Waals surface area contributed by atoms with Gasteiger partial charge in [0.25, 0.3) is 0 Å². The lowest BCUT2D eigenvalue weighted by Crippen LogP contribution is -2.34. The topological polar surface area (TPSA) is 32.7 Å². The van der Waals surface area contributed by atoms with E-state index in [2.05, 4.69) is 36.1 Å². The summed E-state index contributed by atoms with van der Waals surface area (Å²) in [5.41, 5.74) is 1.29. The Hall–Kier alpha value is -0.900. The number of nitrogens with zero attached hydrogens (tertiary/aromatic N) is 1. The van der Waals surface area contributed by atoms with E-state index in [1.807, 2.05) is 13.1 Å². The van der Waals surface area contributed by atoms with Crippen LogP contribution >= 0.6 is 0 Å². The molecule has 0 amide bonds. The lowest BCUT2D eigenvalue weighted by Gasteiger charge is -2.29. The zero-order valence-electron chi connectivity index (χ0n) is 11.0. The molecule has 2 atom stereocenters. The van der Waals surface area contributed by atoms with Gasteiger partial charge in [0.15, 0.2) is 0 Å². The molecule has 0 radical (unpaired) electrons. The molecule has 0 aliphatic heterocycles. The summed E-state index contributed by atoms with van der Waals surface area (Å²) in [6.07, 6.45) is 0.600. The molecule has 1 aromatic rings. The normalized spacial score (nSPS) is 14.9. The standard InChI is InChI=1S/C14H23NO2/c1-4-14(12-8-6-5-7-9-12)15(2)10-13(16)11-17-3/h5-9,13-14,16H,4,10-11H2,1-3H3/t13-,14+/m0/s1. The van der Waals surface area contributed by atoms with E-state index in [1.165, 1.54) is 5.56 Å². The summed E-state index contributed by atoms with van der Waals surface area (Å²) in [4.78, 5) is 2.18. The SMILES string of the molecule is CC[C@H](c1ccccc1)N(C)C[C@H](O)COC. The van der Waals surface area contributed by atoms with Crippen molar-refractivity contribution >= 4 is 0 Å². The third kappa shape index (κ3) is 4.46. The van der Waals surface area contributed by atoms with Crippen LogP contribution in [0.3, 0.4) is 0 Å². The van der Waals surface area contributed by atoms with E-state index in [1.54, 1.807) is 7.11 Å². The van der Waals surface area contributed by atoms with Crippen molar-refractivity contribution in [3.63, 3.8) is 0 Å². The molecule has 0 saturated heterocycles. The van der Waals surface area contributed by atoms with Crippen molar-refractivity contribution in [3.8, 4) is 0 Å². The van der Waals surface area contributed by atoms with E-state index in [9.17, 15) is 5.11 Å². The van der Waals surface area contributed by atoms with Crippen LogP contribution in [-0.2, 0) is 4.74 Å². The largest absolute Gasteiger partial charge is 0.389 e. The fourth-order valence-corrected chi connectivity index (χ4v) is 2.18. The molecule has 17 heavy (non-hydrogen) atoms. The first-order chi connectivity index (χ1) is 8.19. The highest BCUT2D eigenvalue weighted by Crippen LogP contribution is 2.22. The summed E-state index contributed by atoms with van der Waals surface area (Å²) >= 11 is 0. The van der Waals surface area contributed by atoms with Crippen LogP contribution in [0.1, 0.15) is 24.9 Å². The average Bonchev–Trinajstić information content (AvgIpc) is 2.31. The van der Waals surface area contributed by atoms with Crippen LogP contribution in [0.25, 0.3) is 0 Å². The zero-order valence-corrected chi connectivity index (χ0v) is 11.0. The predicted octanol–water partition coefficient (Wildman–Crippen LogP) is 2.08. The van der Waals surface area contributed by atoms with E-state index in [-0.39, 0.29) is 0 Å². The third-order valence-corrected chi connectivity index (χ3v) is 2.96. The van der Waals surface area contributed by atoms with E-state index in [4.69, 9.17) is 4.74 Å². The van der Waals surface area contributed by atoms with Crippen LogP contribution < -0.4 is 0 Å². The third-order valence-electron chi connectivity index (χ3n) is 2.96. The van der Waals surface area contributed by atoms with Crippen molar-refractivity contribution < 1.29 is 9.84 Å². The van der Waals surface area contributed by atoms with Gasteiger partial charge in [-0.25, -0.2) is 0 Å². The molecule has 0 heterocycles. The van der Waals surface area contributed by atoms with E-state index in [0.29, 0.717) is 19.2 Å². The second-order valence-electron chi connectivity index (χ2n) is 4.38. The monoisotopic (exact) mass is 237 g/mol. The summed E-state index contributed by atoms with van der Waals surface area (Å²) in [6.45, 7) is 3.17. The molecular weight excluding hydrogens is 214 g/mol. The van der Waals surface area contributed by atoms with Gasteiger partial charge in [-0.2, -0.15) is 0 Å². The van der Waals surface area contributed by atoms with Gasteiger partial charge in [0.1, 0.15) is 0 Å². The van der Waals surface area contributed by atoms with E-state index in [0.717, 1.165) is 6.42 Å². The molecule has 1 rings (SSSR count). The summed E-state index contributed by atoms with van der Waals surface area (Å²) in [5.74, 6) is 0. The van der Waals surface area contributed by atoms with Gasteiger partial charge >= 0.3 is 0 Å². The molecule has 0 bridgehead atoms. The number of hydrogen-bond donors (Lipinski definition) is 1. The highest BCUT2D eigenvalue weighted by atomic mass is 16.5. The molecule has 0 fully saturated rings. The second kappa shape index (κ2) is 7.43. The molecule has 3 heteroatoms. The minimum absolute atomic E-state index is 0.350. The second-order valence-corrected chi connectivity index (χ2v) is 4.38. The number of benzene rings is 1. The van der Waals surface area contributed by atoms with Crippen molar-refractivity contribution in [3.05, 3.63) is 35.9 Å². The Morgan fingerprint density at radius 1 is 1.29 bits per heavy atom. The predicted molar refractivity (Wildman–Crippen MR) is 70.0 cm³/mol. The summed E-state index contributed by atoms with van der Waals surface area (Å²) in [5, 5.41) is 9.74. The average molecular weight is 237 g/mol. The van der Waals surface area contributed by atoms with Gasteiger partial charge in [-0.15, -0.1) is 0 Å². The molecule has 0 saturated carbocycles. The highest BCUT2D eigenvalue weighted by Gasteiger charge is 2.17. The molecule has 1 aromatic carbocycles. The van der Waals surface area contributed by atoms with Crippen LogP contribution in [0.15, 0.2) is 30.3 Å². The van der Waals surface area contributed by atoms with Crippen LogP contribution in [0.5, 0.6) is 0 Å². The van der Waals surface area contributed by atoms with Crippen LogP contribution in [0, 0.1) is 0 Å². The van der Waals surface area contributed by atoms with Gasteiger partial charge in [0.05, 0.1) is 12.7 Å². The van der Waals surface area contributed by atoms with Crippen molar-refractivity contribution in [2.75, 3.05) is 27.3 Å². The number of methoxy groups -OCH3 is 1. The molecule has 0 spiro atoms. The lowest BCUT2D eigenvalue weighted by molar-refractivity contribution is 0.0335. The number of ether oxygens (including phenoxy) is 1. The first-order valence-corrected chi connectivity index (χ1v) is 6.11. The fourth-order valence-electron chi connectivity index (χ4n) is 2.18. The number of likely N-dealkylation sites (N-methyl/N-ethyl adjacent to an activating group) is 1. The van der Waals surface area contributed by atoms with Gasteiger partial charge in [-0.3, -0.25) is 4.90 Å². The number of rotatable bonds is 7. The van der Waals surface area contributed by atoms with Crippen molar-refractivity contribution in [2.45, 2.75) is 25.5 Å². The Bertz CT molecular complexity index is 302.